The average molecular weight is 431 g/mol. The minimum Gasteiger partial charge on any atom is -0.294 e. The topological polar surface area (TPSA) is 66.4 Å². The Bertz CT molecular complexity index is 1110. The van der Waals surface area contributed by atoms with Crippen LogP contribution in [0.1, 0.15) is 31.5 Å². The van der Waals surface area contributed by atoms with Crippen LogP contribution in [0.25, 0.3) is 10.9 Å². The first-order valence-corrected chi connectivity index (χ1v) is 12.1. The molecule has 0 radical (unpaired) electrons. The van der Waals surface area contributed by atoms with Gasteiger partial charge in [-0.15, -0.1) is 11.3 Å². The fourth-order valence-electron chi connectivity index (χ4n) is 3.47. The number of hydrogen-bond donors (Lipinski definition) is 0. The molecule has 6 nitrogen and oxygen atoms in total. The van der Waals surface area contributed by atoms with Gasteiger partial charge in [-0.2, -0.15) is 4.31 Å². The lowest BCUT2D eigenvalue weighted by atomic mass is 9.93. The third-order valence-electron chi connectivity index (χ3n) is 5.22. The molecule has 0 spiro atoms. The summed E-state index contributed by atoms with van der Waals surface area (Å²) in [5.74, 6) is 0. The zero-order chi connectivity index (χ0) is 20.6. The Balaban J connectivity index is 1.45. The van der Waals surface area contributed by atoms with Gasteiger partial charge in [-0.05, 0) is 12.1 Å². The first-order valence-electron chi connectivity index (χ1n) is 9.76. The van der Waals surface area contributed by atoms with E-state index in [9.17, 15) is 8.42 Å². The highest BCUT2D eigenvalue weighted by atomic mass is 32.2. The maximum atomic E-state index is 13.2. The largest absolute Gasteiger partial charge is 0.294 e. The van der Waals surface area contributed by atoms with Crippen molar-refractivity contribution in [2.45, 2.75) is 37.6 Å². The van der Waals surface area contributed by atoms with Crippen molar-refractivity contribution in [1.29, 1.82) is 0 Å². The molecule has 2 aromatic heterocycles. The molecule has 0 N–H and O–H groups in total. The summed E-state index contributed by atoms with van der Waals surface area (Å²) in [4.78, 5) is 11.6. The first kappa shape index (κ1) is 20.4. The van der Waals surface area contributed by atoms with Crippen molar-refractivity contribution >= 4 is 32.3 Å². The summed E-state index contributed by atoms with van der Waals surface area (Å²) in [5.41, 5.74) is 1.70. The molecular formula is C21H26N4O2S2. The van der Waals surface area contributed by atoms with Gasteiger partial charge in [-0.25, -0.2) is 13.4 Å². The molecule has 1 fully saturated rings. The zero-order valence-corrected chi connectivity index (χ0v) is 18.6. The van der Waals surface area contributed by atoms with Gasteiger partial charge in [0.15, 0.2) is 0 Å². The van der Waals surface area contributed by atoms with Crippen molar-refractivity contribution in [3.05, 3.63) is 52.6 Å². The van der Waals surface area contributed by atoms with E-state index < -0.39 is 10.0 Å². The second-order valence-electron chi connectivity index (χ2n) is 8.39. The third kappa shape index (κ3) is 4.21. The van der Waals surface area contributed by atoms with E-state index in [0.29, 0.717) is 36.6 Å². The van der Waals surface area contributed by atoms with Crippen LogP contribution in [0.2, 0.25) is 0 Å². The lowest BCUT2D eigenvalue weighted by molar-refractivity contribution is 0.181. The maximum Gasteiger partial charge on any atom is 0.245 e. The highest BCUT2D eigenvalue weighted by molar-refractivity contribution is 7.89. The smallest absolute Gasteiger partial charge is 0.245 e. The van der Waals surface area contributed by atoms with E-state index in [0.717, 1.165) is 22.6 Å². The molecule has 0 atom stereocenters. The van der Waals surface area contributed by atoms with Crippen LogP contribution < -0.4 is 0 Å². The number of aromatic nitrogens is 2. The second-order valence-corrected chi connectivity index (χ2v) is 11.2. The van der Waals surface area contributed by atoms with Crippen molar-refractivity contribution in [2.75, 3.05) is 26.2 Å². The summed E-state index contributed by atoms with van der Waals surface area (Å²) in [6.07, 6.45) is 1.64. The van der Waals surface area contributed by atoms with Crippen LogP contribution in [-0.4, -0.2) is 53.8 Å². The van der Waals surface area contributed by atoms with E-state index in [1.54, 1.807) is 34.0 Å². The quantitative estimate of drug-likeness (QED) is 0.634. The van der Waals surface area contributed by atoms with Gasteiger partial charge >= 0.3 is 0 Å². The fraction of sp³-hybridized carbons (Fsp3) is 0.429. The van der Waals surface area contributed by atoms with Crippen molar-refractivity contribution in [2.24, 2.45) is 0 Å². The van der Waals surface area contributed by atoms with E-state index >= 15 is 0 Å². The number of sulfonamides is 1. The first-order chi connectivity index (χ1) is 13.7. The predicted molar refractivity (Wildman–Crippen MR) is 117 cm³/mol. The second kappa shape index (κ2) is 7.75. The summed E-state index contributed by atoms with van der Waals surface area (Å²) in [5, 5.41) is 4.05. The molecule has 4 rings (SSSR count). The molecular weight excluding hydrogens is 404 g/mol. The van der Waals surface area contributed by atoms with Crippen LogP contribution in [0.4, 0.5) is 0 Å². The van der Waals surface area contributed by atoms with Crippen molar-refractivity contribution in [3.63, 3.8) is 0 Å². The summed E-state index contributed by atoms with van der Waals surface area (Å²) >= 11 is 1.68. The number of fused-ring (bicyclic) bond motifs is 1. The summed E-state index contributed by atoms with van der Waals surface area (Å²) < 4.78 is 28.1. The van der Waals surface area contributed by atoms with Crippen molar-refractivity contribution in [3.8, 4) is 0 Å². The minimum atomic E-state index is -3.57. The summed E-state index contributed by atoms with van der Waals surface area (Å²) in [7, 11) is -3.57. The molecule has 0 amide bonds. The van der Waals surface area contributed by atoms with Crippen LogP contribution in [0.3, 0.4) is 0 Å². The normalized spacial score (nSPS) is 17.1. The van der Waals surface area contributed by atoms with Crippen molar-refractivity contribution < 1.29 is 8.42 Å². The van der Waals surface area contributed by atoms with E-state index in [1.807, 2.05) is 18.2 Å². The van der Waals surface area contributed by atoms with Crippen LogP contribution in [0.15, 0.2) is 46.8 Å². The number of piperazine rings is 1. The van der Waals surface area contributed by atoms with Crippen molar-refractivity contribution in [1.82, 2.24) is 19.2 Å². The Hall–Kier alpha value is -1.87. The molecule has 8 heteroatoms. The molecule has 0 bridgehead atoms. The van der Waals surface area contributed by atoms with E-state index in [-0.39, 0.29) is 5.41 Å². The highest BCUT2D eigenvalue weighted by Crippen LogP contribution is 2.27. The number of nitrogens with zero attached hydrogens (tertiary/aromatic N) is 4. The molecule has 0 unspecified atom stereocenters. The monoisotopic (exact) mass is 430 g/mol. The van der Waals surface area contributed by atoms with Gasteiger partial charge < -0.3 is 0 Å². The Labute approximate surface area is 176 Å². The molecule has 0 saturated carbocycles. The number of pyridine rings is 1. The lowest BCUT2D eigenvalue weighted by Crippen LogP contribution is -2.48. The summed E-state index contributed by atoms with van der Waals surface area (Å²) in [6.45, 7) is 9.60. The minimum absolute atomic E-state index is 0.0496. The van der Waals surface area contributed by atoms with Gasteiger partial charge in [0.2, 0.25) is 10.0 Å². The zero-order valence-electron chi connectivity index (χ0n) is 17.0. The van der Waals surface area contributed by atoms with E-state index in [2.05, 4.69) is 36.0 Å². The average Bonchev–Trinajstić information content (AvgIpc) is 3.17. The molecule has 1 aliphatic heterocycles. The fourth-order valence-corrected chi connectivity index (χ4v) is 6.12. The maximum absolute atomic E-state index is 13.2. The Morgan fingerprint density at radius 2 is 1.79 bits per heavy atom. The Kier molecular flexibility index (Phi) is 5.46. The number of para-hydroxylation sites is 1. The van der Waals surface area contributed by atoms with Crippen LogP contribution >= 0.6 is 11.3 Å². The van der Waals surface area contributed by atoms with Crippen LogP contribution in [0.5, 0.6) is 0 Å². The molecule has 154 valence electrons. The third-order valence-corrected chi connectivity index (χ3v) is 7.99. The predicted octanol–water partition coefficient (Wildman–Crippen LogP) is 3.50. The molecule has 3 aromatic rings. The molecule has 1 saturated heterocycles. The summed E-state index contributed by atoms with van der Waals surface area (Å²) in [6, 6.07) is 9.03. The number of benzene rings is 1. The van der Waals surface area contributed by atoms with Gasteiger partial charge in [0, 0.05) is 48.6 Å². The molecule has 3 heterocycles. The lowest BCUT2D eigenvalue weighted by Gasteiger charge is -2.33. The standard InChI is InChI=1S/C21H26N4O2S2/c1-21(2,3)18-15-28-19(23-18)14-24-10-12-25(13-11-24)29(26,27)17-8-4-6-16-7-5-9-22-20(16)17/h4-9,15H,10-14H2,1-3H3. The van der Waals surface area contributed by atoms with Gasteiger partial charge in [0.25, 0.3) is 0 Å². The molecule has 0 aliphatic carbocycles. The van der Waals surface area contributed by atoms with Crippen LogP contribution in [0, 0.1) is 0 Å². The van der Waals surface area contributed by atoms with Gasteiger partial charge in [-0.1, -0.05) is 39.0 Å². The Morgan fingerprint density at radius 1 is 1.07 bits per heavy atom. The number of thiazole rings is 1. The number of rotatable bonds is 4. The van der Waals surface area contributed by atoms with Gasteiger partial charge in [0.05, 0.1) is 17.8 Å². The SMILES string of the molecule is CC(C)(C)c1csc(CN2CCN(S(=O)(=O)c3cccc4cccnc34)CC2)n1. The van der Waals surface area contributed by atoms with Gasteiger partial charge in [-0.3, -0.25) is 9.88 Å². The number of hydrogen-bond acceptors (Lipinski definition) is 6. The molecule has 1 aromatic carbocycles. The van der Waals surface area contributed by atoms with Gasteiger partial charge in [0.1, 0.15) is 9.90 Å². The Morgan fingerprint density at radius 3 is 2.48 bits per heavy atom. The van der Waals surface area contributed by atoms with Crippen LogP contribution in [-0.2, 0) is 22.0 Å². The highest BCUT2D eigenvalue weighted by Gasteiger charge is 2.30. The van der Waals surface area contributed by atoms with E-state index in [4.69, 9.17) is 4.98 Å². The van der Waals surface area contributed by atoms with E-state index in [1.165, 1.54) is 0 Å². The molecule has 29 heavy (non-hydrogen) atoms. The molecule has 1 aliphatic rings.